The fraction of sp³-hybridized carbons (Fsp3) is 0.125. The Hall–Kier alpha value is -1.03. The van der Waals surface area contributed by atoms with E-state index in [-0.39, 0.29) is 0 Å². The van der Waals surface area contributed by atoms with Crippen molar-refractivity contribution in [2.75, 3.05) is 0 Å². The van der Waals surface area contributed by atoms with Crippen LogP contribution in [-0.2, 0) is 11.9 Å². The highest BCUT2D eigenvalue weighted by molar-refractivity contribution is 9.08. The summed E-state index contributed by atoms with van der Waals surface area (Å²) in [5.74, 6) is 0.765. The summed E-state index contributed by atoms with van der Waals surface area (Å²) >= 11 is 11.4. The lowest BCUT2D eigenvalue weighted by Gasteiger charge is -2.11. The van der Waals surface area contributed by atoms with Crippen molar-refractivity contribution >= 4 is 49.0 Å². The van der Waals surface area contributed by atoms with Gasteiger partial charge in [0.2, 0.25) is 0 Å². The van der Waals surface area contributed by atoms with Gasteiger partial charge in [-0.1, -0.05) is 57.9 Å². The van der Waals surface area contributed by atoms with Gasteiger partial charge < -0.3 is 4.74 Å². The molecule has 0 saturated carbocycles. The van der Waals surface area contributed by atoms with Crippen molar-refractivity contribution in [3.8, 4) is 5.75 Å². The Morgan fingerprint density at radius 3 is 2.75 bits per heavy atom. The Balaban J connectivity index is 1.87. The lowest BCUT2D eigenvalue weighted by Crippen LogP contribution is -1.98. The molecule has 0 fully saturated rings. The fourth-order valence-corrected chi connectivity index (χ4v) is 3.75. The van der Waals surface area contributed by atoms with Crippen molar-refractivity contribution in [2.24, 2.45) is 0 Å². The number of thiophene rings is 1. The smallest absolute Gasteiger partial charge is 0.142 e. The molecular formula is C16H12BrClOS. The summed E-state index contributed by atoms with van der Waals surface area (Å²) in [6, 6.07) is 14.2. The van der Waals surface area contributed by atoms with E-state index in [9.17, 15) is 0 Å². The molecule has 0 aliphatic carbocycles. The van der Waals surface area contributed by atoms with Crippen molar-refractivity contribution in [2.45, 2.75) is 11.9 Å². The van der Waals surface area contributed by atoms with Gasteiger partial charge in [0.05, 0.1) is 5.02 Å². The maximum Gasteiger partial charge on any atom is 0.142 e. The van der Waals surface area contributed by atoms with E-state index >= 15 is 0 Å². The Morgan fingerprint density at radius 2 is 1.90 bits per heavy atom. The van der Waals surface area contributed by atoms with Gasteiger partial charge in [-0.3, -0.25) is 0 Å². The summed E-state index contributed by atoms with van der Waals surface area (Å²) < 4.78 is 7.24. The summed E-state index contributed by atoms with van der Waals surface area (Å²) in [5.41, 5.74) is 2.27. The van der Waals surface area contributed by atoms with Gasteiger partial charge in [-0.2, -0.15) is 0 Å². The third-order valence-corrected chi connectivity index (χ3v) is 5.04. The normalized spacial score (nSPS) is 10.9. The molecule has 102 valence electrons. The van der Waals surface area contributed by atoms with Crippen molar-refractivity contribution in [3.05, 3.63) is 64.0 Å². The number of fused-ring (bicyclic) bond motifs is 1. The van der Waals surface area contributed by atoms with Gasteiger partial charge >= 0.3 is 0 Å². The van der Waals surface area contributed by atoms with Gasteiger partial charge in [-0.05, 0) is 22.9 Å². The number of halogens is 2. The number of benzene rings is 2. The SMILES string of the molecule is Clc1cccc(CBr)c1OCc1csc2ccccc12. The van der Waals surface area contributed by atoms with Crippen LogP contribution in [0.1, 0.15) is 11.1 Å². The summed E-state index contributed by atoms with van der Waals surface area (Å²) in [6.07, 6.45) is 0. The second-order valence-corrected chi connectivity index (χ2v) is 6.29. The first-order valence-electron chi connectivity index (χ1n) is 6.21. The van der Waals surface area contributed by atoms with Gasteiger partial charge in [0.25, 0.3) is 0 Å². The van der Waals surface area contributed by atoms with Gasteiger partial charge in [0.1, 0.15) is 12.4 Å². The Labute approximate surface area is 135 Å². The zero-order valence-electron chi connectivity index (χ0n) is 10.6. The topological polar surface area (TPSA) is 9.23 Å². The molecule has 3 rings (SSSR count). The molecular weight excluding hydrogens is 356 g/mol. The predicted molar refractivity (Wildman–Crippen MR) is 90.2 cm³/mol. The van der Waals surface area contributed by atoms with Crippen LogP contribution >= 0.6 is 38.9 Å². The maximum atomic E-state index is 6.22. The zero-order chi connectivity index (χ0) is 13.9. The first-order valence-corrected chi connectivity index (χ1v) is 8.59. The van der Waals surface area contributed by atoms with Gasteiger partial charge in [0, 0.05) is 21.2 Å². The molecule has 0 aliphatic heterocycles. The largest absolute Gasteiger partial charge is 0.487 e. The predicted octanol–water partition coefficient (Wildman–Crippen LogP) is 6.03. The van der Waals surface area contributed by atoms with E-state index in [1.807, 2.05) is 18.2 Å². The molecule has 2 aromatic carbocycles. The third kappa shape index (κ3) is 2.71. The van der Waals surface area contributed by atoms with E-state index in [4.69, 9.17) is 16.3 Å². The maximum absolute atomic E-state index is 6.22. The first kappa shape index (κ1) is 13.9. The van der Waals surface area contributed by atoms with Crippen molar-refractivity contribution in [1.82, 2.24) is 0 Å². The molecule has 20 heavy (non-hydrogen) atoms. The standard InChI is InChI=1S/C16H12BrClOS/c17-8-11-4-3-6-14(18)16(11)19-9-12-10-20-15-7-2-1-5-13(12)15/h1-7,10H,8-9H2. The number of alkyl halides is 1. The quantitative estimate of drug-likeness (QED) is 0.512. The Morgan fingerprint density at radius 1 is 1.05 bits per heavy atom. The molecule has 0 unspecified atom stereocenters. The highest BCUT2D eigenvalue weighted by Crippen LogP contribution is 2.32. The summed E-state index contributed by atoms with van der Waals surface area (Å²) in [4.78, 5) is 0. The van der Waals surface area contributed by atoms with E-state index in [2.05, 4.69) is 45.6 Å². The van der Waals surface area contributed by atoms with Crippen molar-refractivity contribution in [3.63, 3.8) is 0 Å². The van der Waals surface area contributed by atoms with E-state index in [1.165, 1.54) is 15.6 Å². The average Bonchev–Trinajstić information content (AvgIpc) is 2.89. The minimum atomic E-state index is 0.535. The van der Waals surface area contributed by atoms with E-state index in [0.29, 0.717) is 11.6 Å². The van der Waals surface area contributed by atoms with Gasteiger partial charge in [-0.25, -0.2) is 0 Å². The lowest BCUT2D eigenvalue weighted by atomic mass is 10.2. The van der Waals surface area contributed by atoms with Crippen LogP contribution in [0.15, 0.2) is 47.8 Å². The summed E-state index contributed by atoms with van der Waals surface area (Å²) in [5, 5.41) is 4.79. The Bertz CT molecular complexity index is 738. The molecule has 1 heterocycles. The first-order chi connectivity index (χ1) is 9.79. The number of para-hydroxylation sites is 1. The molecule has 0 aliphatic rings. The second kappa shape index (κ2) is 6.17. The number of ether oxygens (including phenoxy) is 1. The highest BCUT2D eigenvalue weighted by atomic mass is 79.9. The molecule has 0 N–H and O–H groups in total. The van der Waals surface area contributed by atoms with E-state index in [0.717, 1.165) is 16.6 Å². The molecule has 1 aromatic heterocycles. The monoisotopic (exact) mass is 366 g/mol. The Kier molecular flexibility index (Phi) is 4.29. The van der Waals surface area contributed by atoms with Gasteiger partial charge in [-0.15, -0.1) is 11.3 Å². The molecule has 0 saturated heterocycles. The average molecular weight is 368 g/mol. The van der Waals surface area contributed by atoms with E-state index in [1.54, 1.807) is 11.3 Å². The molecule has 0 bridgehead atoms. The van der Waals surface area contributed by atoms with Crippen molar-refractivity contribution < 1.29 is 4.74 Å². The third-order valence-electron chi connectivity index (χ3n) is 3.13. The minimum absolute atomic E-state index is 0.535. The lowest BCUT2D eigenvalue weighted by molar-refractivity contribution is 0.306. The molecule has 0 spiro atoms. The molecule has 0 radical (unpaired) electrons. The van der Waals surface area contributed by atoms with Crippen LogP contribution in [0.25, 0.3) is 10.1 Å². The highest BCUT2D eigenvalue weighted by Gasteiger charge is 2.09. The molecule has 0 amide bonds. The zero-order valence-corrected chi connectivity index (χ0v) is 13.8. The molecule has 4 heteroatoms. The number of hydrogen-bond donors (Lipinski definition) is 0. The number of rotatable bonds is 4. The molecule has 0 atom stereocenters. The van der Waals surface area contributed by atoms with Crippen LogP contribution < -0.4 is 4.74 Å². The van der Waals surface area contributed by atoms with Gasteiger partial charge in [0.15, 0.2) is 0 Å². The van der Waals surface area contributed by atoms with Crippen LogP contribution in [-0.4, -0.2) is 0 Å². The van der Waals surface area contributed by atoms with Crippen LogP contribution in [0.3, 0.4) is 0 Å². The summed E-state index contributed by atoms with van der Waals surface area (Å²) in [7, 11) is 0. The van der Waals surface area contributed by atoms with Crippen LogP contribution in [0.4, 0.5) is 0 Å². The molecule has 3 aromatic rings. The number of hydrogen-bond acceptors (Lipinski definition) is 2. The fourth-order valence-electron chi connectivity index (χ4n) is 2.11. The van der Waals surface area contributed by atoms with Crippen LogP contribution in [0, 0.1) is 0 Å². The van der Waals surface area contributed by atoms with Crippen LogP contribution in [0.2, 0.25) is 5.02 Å². The second-order valence-electron chi connectivity index (χ2n) is 4.41. The van der Waals surface area contributed by atoms with Crippen molar-refractivity contribution in [1.29, 1.82) is 0 Å². The molecule has 1 nitrogen and oxygen atoms in total. The summed E-state index contributed by atoms with van der Waals surface area (Å²) in [6.45, 7) is 0.535. The minimum Gasteiger partial charge on any atom is -0.487 e. The van der Waals surface area contributed by atoms with Crippen LogP contribution in [0.5, 0.6) is 5.75 Å². The van der Waals surface area contributed by atoms with E-state index < -0.39 is 0 Å².